The molecule has 0 bridgehead atoms. The minimum absolute atomic E-state index is 0.493. The number of hydrogen-bond acceptors (Lipinski definition) is 9. The lowest BCUT2D eigenvalue weighted by atomic mass is 10.2. The fraction of sp³-hybridized carbons (Fsp3) is 0.321. The monoisotopic (exact) mass is 531 g/mol. The Hall–Kier alpha value is -3.89. The number of benzene rings is 2. The van der Waals surface area contributed by atoms with Crippen LogP contribution in [0.3, 0.4) is 0 Å². The number of piperazine rings is 1. The molecule has 38 heavy (non-hydrogen) atoms. The van der Waals surface area contributed by atoms with Crippen LogP contribution in [0.15, 0.2) is 60.0 Å². The highest BCUT2D eigenvalue weighted by Crippen LogP contribution is 2.32. The smallest absolute Gasteiger partial charge is 0.412 e. The number of nitrogens with one attached hydrogen (secondary N) is 3. The molecule has 4 aromatic rings. The number of anilines is 6. The molecular formula is C28H33N7O2S. The number of carbonyl (C=O) groups is 1. The van der Waals surface area contributed by atoms with Gasteiger partial charge in [-0.3, -0.25) is 5.32 Å². The van der Waals surface area contributed by atoms with Gasteiger partial charge < -0.3 is 25.2 Å². The Morgan fingerprint density at radius 2 is 1.63 bits per heavy atom. The normalized spacial score (nSPS) is 14.4. The number of para-hydroxylation sites is 2. The quantitative estimate of drug-likeness (QED) is 0.268. The lowest BCUT2D eigenvalue weighted by molar-refractivity contribution is 0.0636. The maximum Gasteiger partial charge on any atom is 0.412 e. The molecule has 0 atom stereocenters. The van der Waals surface area contributed by atoms with E-state index in [-0.39, 0.29) is 0 Å². The van der Waals surface area contributed by atoms with E-state index >= 15 is 0 Å². The molecule has 9 nitrogen and oxygen atoms in total. The van der Waals surface area contributed by atoms with Crippen molar-refractivity contribution in [1.82, 2.24) is 14.9 Å². The molecule has 0 unspecified atom stereocenters. The maximum absolute atomic E-state index is 12.4. The van der Waals surface area contributed by atoms with E-state index in [0.717, 1.165) is 42.1 Å². The van der Waals surface area contributed by atoms with Crippen LogP contribution in [0.2, 0.25) is 0 Å². The van der Waals surface area contributed by atoms with E-state index in [1.165, 1.54) is 5.69 Å². The van der Waals surface area contributed by atoms with Crippen LogP contribution >= 0.6 is 11.3 Å². The molecule has 1 aliphatic rings. The van der Waals surface area contributed by atoms with Gasteiger partial charge in [-0.25, -0.2) is 9.78 Å². The summed E-state index contributed by atoms with van der Waals surface area (Å²) >= 11 is 1.55. The molecule has 0 saturated carbocycles. The number of likely N-dealkylation sites (N-methyl/N-ethyl adjacent to an activating group) is 1. The molecule has 5 rings (SSSR count). The zero-order chi connectivity index (χ0) is 26.7. The molecule has 1 aliphatic heterocycles. The number of fused-ring (bicyclic) bond motifs is 1. The van der Waals surface area contributed by atoms with Crippen LogP contribution in [-0.2, 0) is 4.74 Å². The van der Waals surface area contributed by atoms with Crippen molar-refractivity contribution in [2.45, 2.75) is 26.4 Å². The summed E-state index contributed by atoms with van der Waals surface area (Å²) < 4.78 is 5.43. The fourth-order valence-electron chi connectivity index (χ4n) is 4.20. The first kappa shape index (κ1) is 25.7. The number of aromatic nitrogens is 2. The first-order chi connectivity index (χ1) is 18.2. The molecule has 198 valence electrons. The Bertz CT molecular complexity index is 1410. The Morgan fingerprint density at radius 1 is 0.921 bits per heavy atom. The van der Waals surface area contributed by atoms with Crippen molar-refractivity contribution in [3.63, 3.8) is 0 Å². The molecule has 1 saturated heterocycles. The summed E-state index contributed by atoms with van der Waals surface area (Å²) in [5.41, 5.74) is 2.84. The Labute approximate surface area is 226 Å². The lowest BCUT2D eigenvalue weighted by Crippen LogP contribution is -2.44. The molecule has 3 N–H and O–H groups in total. The molecule has 1 fully saturated rings. The van der Waals surface area contributed by atoms with E-state index in [4.69, 9.17) is 14.7 Å². The van der Waals surface area contributed by atoms with Crippen molar-refractivity contribution in [2.24, 2.45) is 0 Å². The van der Waals surface area contributed by atoms with E-state index in [0.29, 0.717) is 23.1 Å². The van der Waals surface area contributed by atoms with Gasteiger partial charge in [-0.1, -0.05) is 12.1 Å². The second kappa shape index (κ2) is 10.8. The SMILES string of the molecule is CN1CCN(c2ccc(Nc3nc(Nc4ccccc4NC(=O)OC(C)(C)C)c4ccsc4n3)cc2)CC1. The van der Waals surface area contributed by atoms with Crippen LogP contribution in [0, 0.1) is 0 Å². The largest absolute Gasteiger partial charge is 0.444 e. The molecule has 2 aromatic heterocycles. The highest BCUT2D eigenvalue weighted by Gasteiger charge is 2.18. The van der Waals surface area contributed by atoms with Crippen LogP contribution in [-0.4, -0.2) is 59.8 Å². The lowest BCUT2D eigenvalue weighted by Gasteiger charge is -2.34. The molecule has 3 heterocycles. The Kier molecular flexibility index (Phi) is 7.35. The predicted molar refractivity (Wildman–Crippen MR) is 156 cm³/mol. The molecule has 0 radical (unpaired) electrons. The van der Waals surface area contributed by atoms with E-state index in [1.54, 1.807) is 11.3 Å². The second-order valence-corrected chi connectivity index (χ2v) is 11.2. The average molecular weight is 532 g/mol. The summed E-state index contributed by atoms with van der Waals surface area (Å²) in [5, 5.41) is 12.5. The van der Waals surface area contributed by atoms with E-state index < -0.39 is 11.7 Å². The van der Waals surface area contributed by atoms with Crippen LogP contribution in [0.5, 0.6) is 0 Å². The zero-order valence-electron chi connectivity index (χ0n) is 22.1. The molecule has 0 aliphatic carbocycles. The third-order valence-electron chi connectivity index (χ3n) is 6.13. The standard InChI is InChI=1S/C28H33N7O2S/c1-28(2,3)37-27(36)31-23-8-6-5-7-22(23)30-24-21-13-18-38-25(21)33-26(32-24)29-19-9-11-20(12-10-19)35-16-14-34(4)15-17-35/h5-13,18H,14-17H2,1-4H3,(H,31,36)(H2,29,30,32,33). The summed E-state index contributed by atoms with van der Waals surface area (Å²) in [6, 6.07) is 17.8. The highest BCUT2D eigenvalue weighted by atomic mass is 32.1. The highest BCUT2D eigenvalue weighted by molar-refractivity contribution is 7.16. The van der Waals surface area contributed by atoms with Crippen LogP contribution in [0.25, 0.3) is 10.2 Å². The second-order valence-electron chi connectivity index (χ2n) is 10.3. The number of amides is 1. The number of carbonyl (C=O) groups excluding carboxylic acids is 1. The molecule has 1 amide bonds. The summed E-state index contributed by atoms with van der Waals surface area (Å²) in [6.07, 6.45) is -0.516. The van der Waals surface area contributed by atoms with Crippen LogP contribution in [0.4, 0.5) is 39.3 Å². The van der Waals surface area contributed by atoms with Crippen molar-refractivity contribution < 1.29 is 9.53 Å². The van der Waals surface area contributed by atoms with E-state index in [2.05, 4.69) is 57.1 Å². The van der Waals surface area contributed by atoms with Gasteiger partial charge in [-0.05, 0) is 75.7 Å². The average Bonchev–Trinajstić information content (AvgIpc) is 3.34. The third kappa shape index (κ3) is 6.32. The first-order valence-electron chi connectivity index (χ1n) is 12.7. The maximum atomic E-state index is 12.4. The first-order valence-corrected chi connectivity index (χ1v) is 13.5. The summed E-state index contributed by atoms with van der Waals surface area (Å²) in [6.45, 7) is 9.70. The minimum Gasteiger partial charge on any atom is -0.444 e. The van der Waals surface area contributed by atoms with Crippen LogP contribution in [0.1, 0.15) is 20.8 Å². The zero-order valence-corrected chi connectivity index (χ0v) is 22.9. The van der Waals surface area contributed by atoms with Gasteiger partial charge in [0.05, 0.1) is 16.8 Å². The summed E-state index contributed by atoms with van der Waals surface area (Å²) in [7, 11) is 2.16. The van der Waals surface area contributed by atoms with Gasteiger partial charge >= 0.3 is 6.09 Å². The van der Waals surface area contributed by atoms with Gasteiger partial charge in [-0.15, -0.1) is 11.3 Å². The topological polar surface area (TPSA) is 94.7 Å². The Balaban J connectivity index is 1.35. The van der Waals surface area contributed by atoms with Gasteiger partial charge in [-0.2, -0.15) is 4.98 Å². The Morgan fingerprint density at radius 3 is 2.34 bits per heavy atom. The van der Waals surface area contributed by atoms with Gasteiger partial charge in [0.1, 0.15) is 16.2 Å². The number of rotatable bonds is 6. The van der Waals surface area contributed by atoms with Crippen molar-refractivity contribution >= 4 is 62.2 Å². The molecule has 10 heteroatoms. The molecular weight excluding hydrogens is 498 g/mol. The summed E-state index contributed by atoms with van der Waals surface area (Å²) in [5.74, 6) is 1.14. The number of thiophene rings is 1. The van der Waals surface area contributed by atoms with E-state index in [9.17, 15) is 4.79 Å². The predicted octanol–water partition coefficient (Wildman–Crippen LogP) is 6.28. The minimum atomic E-state index is -0.592. The van der Waals surface area contributed by atoms with Gasteiger partial charge in [0.25, 0.3) is 0 Å². The van der Waals surface area contributed by atoms with Gasteiger partial charge in [0, 0.05) is 37.6 Å². The molecule has 0 spiro atoms. The summed E-state index contributed by atoms with van der Waals surface area (Å²) in [4.78, 5) is 27.5. The number of ether oxygens (including phenoxy) is 1. The van der Waals surface area contributed by atoms with E-state index in [1.807, 2.05) is 56.5 Å². The van der Waals surface area contributed by atoms with Crippen molar-refractivity contribution in [2.75, 3.05) is 54.1 Å². The fourth-order valence-corrected chi connectivity index (χ4v) is 4.96. The van der Waals surface area contributed by atoms with Crippen molar-refractivity contribution in [1.29, 1.82) is 0 Å². The third-order valence-corrected chi connectivity index (χ3v) is 6.94. The van der Waals surface area contributed by atoms with Crippen molar-refractivity contribution in [3.05, 3.63) is 60.0 Å². The number of hydrogen-bond donors (Lipinski definition) is 3. The van der Waals surface area contributed by atoms with Crippen LogP contribution < -0.4 is 20.9 Å². The number of nitrogens with zero attached hydrogens (tertiary/aromatic N) is 4. The van der Waals surface area contributed by atoms with Gasteiger partial charge in [0.2, 0.25) is 5.95 Å². The molecule has 2 aromatic carbocycles. The van der Waals surface area contributed by atoms with Gasteiger partial charge in [0.15, 0.2) is 0 Å². The van der Waals surface area contributed by atoms with Crippen molar-refractivity contribution in [3.8, 4) is 0 Å².